The molecule has 1 aromatic carbocycles. The quantitative estimate of drug-likeness (QED) is 0.911. The minimum absolute atomic E-state index is 0.0268. The van der Waals surface area contributed by atoms with Crippen molar-refractivity contribution < 1.29 is 14.3 Å². The van der Waals surface area contributed by atoms with Crippen LogP contribution in [0.1, 0.15) is 37.5 Å². The standard InChI is InChI=1S/C17H24N2O3/c1-17(2,3)14-6-5-12-7-8-19(11-13(12)9-14)15(20)10-18-16(21)22-4/h5-6,9H,7-8,10-11H2,1-4H3,(H,18,21). The molecule has 5 nitrogen and oxygen atoms in total. The highest BCUT2D eigenvalue weighted by molar-refractivity contribution is 5.82. The number of alkyl carbamates (subject to hydrolysis) is 1. The number of nitrogens with zero attached hydrogens (tertiary/aromatic N) is 1. The Morgan fingerprint density at radius 1 is 1.27 bits per heavy atom. The highest BCUT2D eigenvalue weighted by Crippen LogP contribution is 2.27. The maximum Gasteiger partial charge on any atom is 0.407 e. The zero-order chi connectivity index (χ0) is 16.3. The molecule has 0 saturated carbocycles. The van der Waals surface area contributed by atoms with Gasteiger partial charge in [0.05, 0.1) is 7.11 Å². The molecule has 0 saturated heterocycles. The molecule has 0 unspecified atom stereocenters. The lowest BCUT2D eigenvalue weighted by atomic mass is 9.84. The van der Waals surface area contributed by atoms with Crippen LogP contribution in [-0.2, 0) is 27.9 Å². The van der Waals surface area contributed by atoms with E-state index in [2.05, 4.69) is 49.0 Å². The molecule has 1 aliphatic heterocycles. The van der Waals surface area contributed by atoms with Crippen molar-refractivity contribution >= 4 is 12.0 Å². The summed E-state index contributed by atoms with van der Waals surface area (Å²) in [5, 5.41) is 2.44. The molecule has 0 bridgehead atoms. The van der Waals surface area contributed by atoms with Gasteiger partial charge in [-0.3, -0.25) is 4.79 Å². The van der Waals surface area contributed by atoms with Crippen LogP contribution in [0.4, 0.5) is 4.79 Å². The third-order valence-corrected chi connectivity index (χ3v) is 4.01. The lowest BCUT2D eigenvalue weighted by Gasteiger charge is -2.30. The highest BCUT2D eigenvalue weighted by atomic mass is 16.5. The number of carbonyl (C=O) groups is 2. The number of fused-ring (bicyclic) bond motifs is 1. The number of ether oxygens (including phenoxy) is 1. The fourth-order valence-electron chi connectivity index (χ4n) is 2.57. The number of amides is 2. The first kappa shape index (κ1) is 16.3. The second-order valence-electron chi connectivity index (χ2n) is 6.64. The summed E-state index contributed by atoms with van der Waals surface area (Å²) in [6.45, 7) is 7.80. The number of nitrogens with one attached hydrogen (secondary N) is 1. The SMILES string of the molecule is COC(=O)NCC(=O)N1CCc2ccc(C(C)(C)C)cc2C1. The summed E-state index contributed by atoms with van der Waals surface area (Å²) in [4.78, 5) is 25.0. The predicted octanol–water partition coefficient (Wildman–Crippen LogP) is 2.22. The van der Waals surface area contributed by atoms with E-state index in [4.69, 9.17) is 0 Å². The van der Waals surface area contributed by atoms with Crippen molar-refractivity contribution in [2.45, 2.75) is 39.2 Å². The summed E-state index contributed by atoms with van der Waals surface area (Å²) in [6, 6.07) is 6.54. The third kappa shape index (κ3) is 3.78. The van der Waals surface area contributed by atoms with Gasteiger partial charge in [0.2, 0.25) is 5.91 Å². The molecule has 1 aromatic rings. The van der Waals surface area contributed by atoms with Crippen molar-refractivity contribution in [1.82, 2.24) is 10.2 Å². The van der Waals surface area contributed by atoms with Crippen LogP contribution >= 0.6 is 0 Å². The third-order valence-electron chi connectivity index (χ3n) is 4.01. The maximum atomic E-state index is 12.2. The summed E-state index contributed by atoms with van der Waals surface area (Å²) in [5.74, 6) is -0.0859. The van der Waals surface area contributed by atoms with Gasteiger partial charge in [-0.05, 0) is 28.5 Å². The van der Waals surface area contributed by atoms with E-state index in [1.54, 1.807) is 4.90 Å². The van der Waals surface area contributed by atoms with Crippen LogP contribution in [0.15, 0.2) is 18.2 Å². The number of hydrogen-bond acceptors (Lipinski definition) is 3. The predicted molar refractivity (Wildman–Crippen MR) is 84.7 cm³/mol. The smallest absolute Gasteiger partial charge is 0.407 e. The largest absolute Gasteiger partial charge is 0.453 e. The van der Waals surface area contributed by atoms with Crippen LogP contribution in [-0.4, -0.2) is 37.1 Å². The zero-order valence-corrected chi connectivity index (χ0v) is 13.7. The van der Waals surface area contributed by atoms with Crippen LogP contribution < -0.4 is 5.32 Å². The number of hydrogen-bond donors (Lipinski definition) is 1. The fourth-order valence-corrected chi connectivity index (χ4v) is 2.57. The van der Waals surface area contributed by atoms with Crippen molar-refractivity contribution in [2.24, 2.45) is 0 Å². The molecular formula is C17H24N2O3. The van der Waals surface area contributed by atoms with Crippen LogP contribution in [0.2, 0.25) is 0 Å². The Balaban J connectivity index is 2.06. The van der Waals surface area contributed by atoms with E-state index in [1.807, 2.05) is 0 Å². The van der Waals surface area contributed by atoms with E-state index in [9.17, 15) is 9.59 Å². The van der Waals surface area contributed by atoms with E-state index in [1.165, 1.54) is 23.8 Å². The summed E-state index contributed by atoms with van der Waals surface area (Å²) >= 11 is 0. The van der Waals surface area contributed by atoms with Gasteiger partial charge in [0.15, 0.2) is 0 Å². The summed E-state index contributed by atoms with van der Waals surface area (Å²) < 4.78 is 4.48. The lowest BCUT2D eigenvalue weighted by Crippen LogP contribution is -2.42. The Bertz CT molecular complexity index is 576. The van der Waals surface area contributed by atoms with Crippen molar-refractivity contribution in [2.75, 3.05) is 20.2 Å². The van der Waals surface area contributed by atoms with E-state index < -0.39 is 6.09 Å². The van der Waals surface area contributed by atoms with Gasteiger partial charge in [0.1, 0.15) is 6.54 Å². The normalized spacial score (nSPS) is 14.3. The topological polar surface area (TPSA) is 58.6 Å². The Kier molecular flexibility index (Phi) is 4.74. The first-order valence-corrected chi connectivity index (χ1v) is 7.53. The first-order valence-electron chi connectivity index (χ1n) is 7.53. The molecule has 5 heteroatoms. The van der Waals surface area contributed by atoms with Gasteiger partial charge in [-0.25, -0.2) is 4.79 Å². The maximum absolute atomic E-state index is 12.2. The zero-order valence-electron chi connectivity index (χ0n) is 13.7. The van der Waals surface area contributed by atoms with Gasteiger partial charge in [-0.1, -0.05) is 39.0 Å². The van der Waals surface area contributed by atoms with Gasteiger partial charge in [-0.2, -0.15) is 0 Å². The second kappa shape index (κ2) is 6.38. The Hall–Kier alpha value is -2.04. The van der Waals surface area contributed by atoms with Crippen LogP contribution in [0.5, 0.6) is 0 Å². The fraction of sp³-hybridized carbons (Fsp3) is 0.529. The number of rotatable bonds is 2. The molecule has 0 aliphatic carbocycles. The molecule has 2 amide bonds. The van der Waals surface area contributed by atoms with E-state index in [-0.39, 0.29) is 17.9 Å². The van der Waals surface area contributed by atoms with Crippen molar-refractivity contribution in [3.63, 3.8) is 0 Å². The molecule has 0 radical (unpaired) electrons. The number of carbonyl (C=O) groups excluding carboxylic acids is 2. The Labute approximate surface area is 131 Å². The van der Waals surface area contributed by atoms with Crippen molar-refractivity contribution in [3.05, 3.63) is 34.9 Å². The summed E-state index contributed by atoms with van der Waals surface area (Å²) in [6.07, 6.45) is 0.268. The molecule has 1 N–H and O–H groups in total. The Morgan fingerprint density at radius 3 is 2.64 bits per heavy atom. The Morgan fingerprint density at radius 2 is 2.00 bits per heavy atom. The van der Waals surface area contributed by atoms with Crippen molar-refractivity contribution in [1.29, 1.82) is 0 Å². The van der Waals surface area contributed by atoms with Gasteiger partial charge in [0, 0.05) is 13.1 Å². The van der Waals surface area contributed by atoms with Crippen LogP contribution in [0.3, 0.4) is 0 Å². The average Bonchev–Trinajstić information content (AvgIpc) is 2.50. The van der Waals surface area contributed by atoms with Crippen LogP contribution in [0.25, 0.3) is 0 Å². The molecule has 0 fully saturated rings. The van der Waals surface area contributed by atoms with E-state index >= 15 is 0 Å². The van der Waals surface area contributed by atoms with Crippen LogP contribution in [0, 0.1) is 0 Å². The minimum Gasteiger partial charge on any atom is -0.453 e. The van der Waals surface area contributed by atoms with E-state index in [0.717, 1.165) is 6.42 Å². The second-order valence-corrected chi connectivity index (χ2v) is 6.64. The molecule has 0 atom stereocenters. The number of benzene rings is 1. The van der Waals surface area contributed by atoms with Gasteiger partial charge >= 0.3 is 6.09 Å². The average molecular weight is 304 g/mol. The molecule has 1 heterocycles. The van der Waals surface area contributed by atoms with Gasteiger partial charge < -0.3 is 15.0 Å². The monoisotopic (exact) mass is 304 g/mol. The molecule has 120 valence electrons. The molecule has 0 spiro atoms. The first-order chi connectivity index (χ1) is 10.3. The van der Waals surface area contributed by atoms with E-state index in [0.29, 0.717) is 13.1 Å². The molecule has 0 aromatic heterocycles. The van der Waals surface area contributed by atoms with Gasteiger partial charge in [0.25, 0.3) is 0 Å². The lowest BCUT2D eigenvalue weighted by molar-refractivity contribution is -0.131. The molecule has 2 rings (SSSR count). The van der Waals surface area contributed by atoms with Crippen molar-refractivity contribution in [3.8, 4) is 0 Å². The summed E-state index contributed by atoms with van der Waals surface area (Å²) in [7, 11) is 1.28. The molecule has 22 heavy (non-hydrogen) atoms. The minimum atomic E-state index is -0.583. The highest BCUT2D eigenvalue weighted by Gasteiger charge is 2.23. The van der Waals surface area contributed by atoms with Gasteiger partial charge in [-0.15, -0.1) is 0 Å². The number of methoxy groups -OCH3 is 1. The molecule has 1 aliphatic rings. The summed E-state index contributed by atoms with van der Waals surface area (Å²) in [5.41, 5.74) is 3.87. The molecular weight excluding hydrogens is 280 g/mol.